The number of amides is 1. The summed E-state index contributed by atoms with van der Waals surface area (Å²) in [5, 5.41) is 4.22. The standard InChI is InChI=1S/C17H17BrN4O3S/c1-9-4-10(2)21-17(20-9)26-11(3)16(23)22-19-7-12-5-14-15(6-13(12)18)25-8-24-14/h4-7,11H,8H2,1-3H3,(H,22,23)/t11-/m1/s1. The third-order valence-corrected chi connectivity index (χ3v) is 5.13. The molecule has 0 aliphatic carbocycles. The Hall–Kier alpha value is -2.13. The van der Waals surface area contributed by atoms with Crippen LogP contribution in [0.4, 0.5) is 0 Å². The number of hydrogen-bond donors (Lipinski definition) is 1. The zero-order chi connectivity index (χ0) is 18.7. The zero-order valence-corrected chi connectivity index (χ0v) is 16.8. The fourth-order valence-corrected chi connectivity index (χ4v) is 3.54. The molecule has 9 heteroatoms. The maximum Gasteiger partial charge on any atom is 0.253 e. The largest absolute Gasteiger partial charge is 0.454 e. The van der Waals surface area contributed by atoms with E-state index in [0.29, 0.717) is 16.7 Å². The number of hydrogen-bond acceptors (Lipinski definition) is 7. The van der Waals surface area contributed by atoms with E-state index in [1.54, 1.807) is 25.3 Å². The highest BCUT2D eigenvalue weighted by Crippen LogP contribution is 2.36. The summed E-state index contributed by atoms with van der Waals surface area (Å²) in [6.45, 7) is 5.79. The SMILES string of the molecule is Cc1cc(C)nc(S[C@H](C)C(=O)NN=Cc2cc3c(cc2Br)OCO3)n1. The van der Waals surface area contributed by atoms with E-state index in [9.17, 15) is 4.79 Å². The Kier molecular flexibility index (Phi) is 5.77. The second-order valence-electron chi connectivity index (χ2n) is 5.65. The Morgan fingerprint density at radius 3 is 2.62 bits per heavy atom. The van der Waals surface area contributed by atoms with Crippen molar-refractivity contribution in [3.05, 3.63) is 39.6 Å². The highest BCUT2D eigenvalue weighted by atomic mass is 79.9. The van der Waals surface area contributed by atoms with E-state index < -0.39 is 0 Å². The molecule has 0 unspecified atom stereocenters. The number of fused-ring (bicyclic) bond motifs is 1. The minimum atomic E-state index is -0.381. The number of aromatic nitrogens is 2. The van der Waals surface area contributed by atoms with Gasteiger partial charge in [-0.2, -0.15) is 5.10 Å². The number of ether oxygens (including phenoxy) is 2. The molecule has 1 aliphatic heterocycles. The van der Waals surface area contributed by atoms with Crippen LogP contribution in [0, 0.1) is 13.8 Å². The van der Waals surface area contributed by atoms with Crippen LogP contribution in [0.3, 0.4) is 0 Å². The Labute approximate surface area is 163 Å². The van der Waals surface area contributed by atoms with E-state index in [2.05, 4.69) is 36.4 Å². The van der Waals surface area contributed by atoms with Crippen molar-refractivity contribution in [2.24, 2.45) is 5.10 Å². The molecule has 1 aliphatic rings. The average molecular weight is 437 g/mol. The van der Waals surface area contributed by atoms with Gasteiger partial charge in [-0.3, -0.25) is 4.79 Å². The van der Waals surface area contributed by atoms with Crippen LogP contribution >= 0.6 is 27.7 Å². The quantitative estimate of drug-likeness (QED) is 0.335. The van der Waals surface area contributed by atoms with Crippen molar-refractivity contribution in [2.75, 3.05) is 6.79 Å². The van der Waals surface area contributed by atoms with Crippen molar-refractivity contribution in [3.63, 3.8) is 0 Å². The molecule has 136 valence electrons. The molecular weight excluding hydrogens is 420 g/mol. The molecule has 1 aromatic carbocycles. The molecular formula is C17H17BrN4O3S. The number of halogens is 1. The first-order valence-electron chi connectivity index (χ1n) is 7.83. The molecule has 3 rings (SSSR count). The van der Waals surface area contributed by atoms with Gasteiger partial charge in [-0.25, -0.2) is 15.4 Å². The van der Waals surface area contributed by atoms with Crippen molar-refractivity contribution in [3.8, 4) is 11.5 Å². The lowest BCUT2D eigenvalue weighted by Gasteiger charge is -2.09. The van der Waals surface area contributed by atoms with Gasteiger partial charge in [0, 0.05) is 21.4 Å². The van der Waals surface area contributed by atoms with Crippen LogP contribution in [0.2, 0.25) is 0 Å². The summed E-state index contributed by atoms with van der Waals surface area (Å²) in [6.07, 6.45) is 1.55. The highest BCUT2D eigenvalue weighted by Gasteiger charge is 2.17. The predicted octanol–water partition coefficient (Wildman–Crippen LogP) is 3.22. The summed E-state index contributed by atoms with van der Waals surface area (Å²) in [5.74, 6) is 1.10. The van der Waals surface area contributed by atoms with Gasteiger partial charge in [-0.1, -0.05) is 11.8 Å². The molecule has 2 heterocycles. The van der Waals surface area contributed by atoms with Crippen LogP contribution in [0.15, 0.2) is 32.9 Å². The van der Waals surface area contributed by atoms with Gasteiger partial charge in [-0.05, 0) is 54.9 Å². The Balaban J connectivity index is 1.60. The number of thioether (sulfide) groups is 1. The smallest absolute Gasteiger partial charge is 0.253 e. The van der Waals surface area contributed by atoms with E-state index in [1.165, 1.54) is 11.8 Å². The second-order valence-corrected chi connectivity index (χ2v) is 7.82. The van der Waals surface area contributed by atoms with E-state index in [-0.39, 0.29) is 18.0 Å². The zero-order valence-electron chi connectivity index (χ0n) is 14.4. The number of aryl methyl sites for hydroxylation is 2. The fraction of sp³-hybridized carbons (Fsp3) is 0.294. The Morgan fingerprint density at radius 2 is 1.92 bits per heavy atom. The first-order chi connectivity index (χ1) is 12.4. The third kappa shape index (κ3) is 4.53. The van der Waals surface area contributed by atoms with Gasteiger partial charge in [0.15, 0.2) is 16.7 Å². The number of rotatable bonds is 5. The molecule has 1 aromatic heterocycles. The molecule has 0 spiro atoms. The molecule has 1 atom stereocenters. The van der Waals surface area contributed by atoms with E-state index in [0.717, 1.165) is 21.4 Å². The van der Waals surface area contributed by atoms with Gasteiger partial charge in [0.25, 0.3) is 5.91 Å². The van der Waals surface area contributed by atoms with Crippen LogP contribution in [0.25, 0.3) is 0 Å². The van der Waals surface area contributed by atoms with Gasteiger partial charge in [0.05, 0.1) is 11.5 Å². The molecule has 0 saturated carbocycles. The van der Waals surface area contributed by atoms with Gasteiger partial charge >= 0.3 is 0 Å². The van der Waals surface area contributed by atoms with Crippen molar-refractivity contribution in [1.29, 1.82) is 0 Å². The summed E-state index contributed by atoms with van der Waals surface area (Å²) < 4.78 is 11.4. The molecule has 1 amide bonds. The third-order valence-electron chi connectivity index (χ3n) is 3.48. The predicted molar refractivity (Wildman–Crippen MR) is 103 cm³/mol. The number of hydrazone groups is 1. The molecule has 7 nitrogen and oxygen atoms in total. The normalized spacial score (nSPS) is 13.8. The number of nitrogens with one attached hydrogen (secondary N) is 1. The maximum absolute atomic E-state index is 12.2. The monoisotopic (exact) mass is 436 g/mol. The Bertz CT molecular complexity index is 855. The molecule has 2 aromatic rings. The lowest BCUT2D eigenvalue weighted by Crippen LogP contribution is -2.27. The number of carbonyl (C=O) groups is 1. The van der Waals surface area contributed by atoms with Crippen LogP contribution in [-0.2, 0) is 4.79 Å². The number of carbonyl (C=O) groups excluding carboxylic acids is 1. The molecule has 0 fully saturated rings. The van der Waals surface area contributed by atoms with Gasteiger partial charge in [0.2, 0.25) is 6.79 Å². The van der Waals surface area contributed by atoms with Gasteiger partial charge in [0.1, 0.15) is 0 Å². The molecule has 0 radical (unpaired) electrons. The summed E-state index contributed by atoms with van der Waals surface area (Å²) in [7, 11) is 0. The molecule has 0 bridgehead atoms. The first-order valence-corrected chi connectivity index (χ1v) is 9.50. The van der Waals surface area contributed by atoms with Gasteiger partial charge in [-0.15, -0.1) is 0 Å². The fourth-order valence-electron chi connectivity index (χ4n) is 2.25. The van der Waals surface area contributed by atoms with Crippen molar-refractivity contribution in [2.45, 2.75) is 31.2 Å². The molecule has 1 N–H and O–H groups in total. The second kappa shape index (κ2) is 8.05. The van der Waals surface area contributed by atoms with E-state index in [4.69, 9.17) is 9.47 Å². The van der Waals surface area contributed by atoms with Crippen LogP contribution in [-0.4, -0.2) is 34.1 Å². The maximum atomic E-state index is 12.2. The van der Waals surface area contributed by atoms with Crippen molar-refractivity contribution >= 4 is 39.8 Å². The van der Waals surface area contributed by atoms with Crippen molar-refractivity contribution < 1.29 is 14.3 Å². The lowest BCUT2D eigenvalue weighted by atomic mass is 10.2. The van der Waals surface area contributed by atoms with E-state index >= 15 is 0 Å². The van der Waals surface area contributed by atoms with Crippen LogP contribution in [0.1, 0.15) is 23.9 Å². The summed E-state index contributed by atoms with van der Waals surface area (Å²) >= 11 is 4.74. The highest BCUT2D eigenvalue weighted by molar-refractivity contribution is 9.10. The first kappa shape index (κ1) is 18.7. The lowest BCUT2D eigenvalue weighted by molar-refractivity contribution is -0.120. The van der Waals surface area contributed by atoms with Crippen LogP contribution in [0.5, 0.6) is 11.5 Å². The van der Waals surface area contributed by atoms with Gasteiger partial charge < -0.3 is 9.47 Å². The minimum absolute atomic E-state index is 0.203. The van der Waals surface area contributed by atoms with Crippen LogP contribution < -0.4 is 14.9 Å². The van der Waals surface area contributed by atoms with E-state index in [1.807, 2.05) is 19.9 Å². The number of benzene rings is 1. The van der Waals surface area contributed by atoms with Crippen molar-refractivity contribution in [1.82, 2.24) is 15.4 Å². The molecule has 0 saturated heterocycles. The molecule has 26 heavy (non-hydrogen) atoms. The summed E-state index contributed by atoms with van der Waals surface area (Å²) in [4.78, 5) is 20.9. The topological polar surface area (TPSA) is 85.7 Å². The average Bonchev–Trinajstić information content (AvgIpc) is 3.00. The summed E-state index contributed by atoms with van der Waals surface area (Å²) in [5.41, 5.74) is 5.05. The Morgan fingerprint density at radius 1 is 1.27 bits per heavy atom. The number of nitrogens with zero attached hydrogens (tertiary/aromatic N) is 3. The minimum Gasteiger partial charge on any atom is -0.454 e. The summed E-state index contributed by atoms with van der Waals surface area (Å²) in [6, 6.07) is 5.49.